The number of aryl methyl sites for hydroxylation is 2. The highest BCUT2D eigenvalue weighted by molar-refractivity contribution is 5.96. The predicted octanol–water partition coefficient (Wildman–Crippen LogP) is 1.84. The molecule has 1 aliphatic carbocycles. The van der Waals surface area contributed by atoms with Crippen molar-refractivity contribution in [2.24, 2.45) is 0 Å². The smallest absolute Gasteiger partial charge is 0.257 e. The normalized spacial score (nSPS) is 21.2. The van der Waals surface area contributed by atoms with E-state index in [2.05, 4.69) is 20.6 Å². The molecule has 0 spiro atoms. The lowest BCUT2D eigenvalue weighted by molar-refractivity contribution is 0.0669. The number of nitrogens with zero attached hydrogens (tertiary/aromatic N) is 5. The van der Waals surface area contributed by atoms with Gasteiger partial charge in [0.1, 0.15) is 23.8 Å². The number of hydrogen-bond acceptors (Lipinski definition) is 8. The van der Waals surface area contributed by atoms with Gasteiger partial charge in [-0.25, -0.2) is 9.67 Å². The molecule has 3 heterocycles. The zero-order valence-electron chi connectivity index (χ0n) is 17.8. The highest BCUT2D eigenvalue weighted by atomic mass is 16.5. The van der Waals surface area contributed by atoms with Crippen LogP contribution in [0, 0.1) is 13.8 Å². The second-order valence-electron chi connectivity index (χ2n) is 7.80. The second kappa shape index (κ2) is 8.94. The molecule has 0 bridgehead atoms. The topological polar surface area (TPSA) is 128 Å². The lowest BCUT2D eigenvalue weighted by Crippen LogP contribution is -2.47. The Kier molecular flexibility index (Phi) is 6.10. The number of nitrogens with one attached hydrogen (secondary N) is 1. The maximum atomic E-state index is 12.8. The van der Waals surface area contributed by atoms with Crippen LogP contribution in [0.2, 0.25) is 0 Å². The summed E-state index contributed by atoms with van der Waals surface area (Å²) in [6.45, 7) is 3.71. The van der Waals surface area contributed by atoms with Crippen LogP contribution in [-0.2, 0) is 11.3 Å². The molecule has 3 atom stereocenters. The molecule has 164 valence electrons. The first-order valence-corrected chi connectivity index (χ1v) is 10.2. The Morgan fingerprint density at radius 1 is 1.39 bits per heavy atom. The summed E-state index contributed by atoms with van der Waals surface area (Å²) >= 11 is 0. The van der Waals surface area contributed by atoms with E-state index in [1.807, 2.05) is 12.1 Å². The number of methoxy groups -OCH3 is 1. The Balaban J connectivity index is 1.58. The molecule has 10 heteroatoms. The number of pyridine rings is 1. The van der Waals surface area contributed by atoms with Gasteiger partial charge in [0.25, 0.3) is 5.91 Å². The highest BCUT2D eigenvalue weighted by Gasteiger charge is 2.35. The van der Waals surface area contributed by atoms with Crippen LogP contribution in [0.1, 0.15) is 58.6 Å². The molecule has 1 amide bonds. The first kappa shape index (κ1) is 21.1. The molecular formula is C21H26N6O4. The van der Waals surface area contributed by atoms with Crippen LogP contribution in [-0.4, -0.2) is 55.2 Å². The molecule has 0 radical (unpaired) electrons. The van der Waals surface area contributed by atoms with E-state index in [0.29, 0.717) is 42.3 Å². The molecule has 1 fully saturated rings. The van der Waals surface area contributed by atoms with Crippen molar-refractivity contribution in [3.05, 3.63) is 53.2 Å². The molecule has 10 nitrogen and oxygen atoms in total. The third kappa shape index (κ3) is 4.35. The van der Waals surface area contributed by atoms with Crippen LogP contribution in [0.15, 0.2) is 29.0 Å². The molecule has 0 aromatic carbocycles. The van der Waals surface area contributed by atoms with E-state index in [1.54, 1.807) is 38.0 Å². The average Bonchev–Trinajstić information content (AvgIpc) is 3.33. The molecule has 1 saturated carbocycles. The van der Waals surface area contributed by atoms with Crippen LogP contribution in [0.25, 0.3) is 5.69 Å². The van der Waals surface area contributed by atoms with Gasteiger partial charge in [0.15, 0.2) is 5.82 Å². The molecule has 0 unspecified atom stereocenters. The summed E-state index contributed by atoms with van der Waals surface area (Å²) in [5.74, 6) is 1.50. The van der Waals surface area contributed by atoms with Gasteiger partial charge >= 0.3 is 0 Å². The minimum absolute atomic E-state index is 0.00307. The monoisotopic (exact) mass is 426 g/mol. The molecule has 2 N–H and O–H groups in total. The maximum Gasteiger partial charge on any atom is 0.257 e. The number of aromatic nitrogens is 5. The van der Waals surface area contributed by atoms with E-state index in [9.17, 15) is 9.90 Å². The second-order valence-corrected chi connectivity index (χ2v) is 7.80. The number of ether oxygens (including phenoxy) is 1. The minimum atomic E-state index is -0.645. The third-order valence-electron chi connectivity index (χ3n) is 5.60. The van der Waals surface area contributed by atoms with Crippen LogP contribution in [0.4, 0.5) is 0 Å². The van der Waals surface area contributed by atoms with E-state index in [4.69, 9.17) is 14.2 Å². The summed E-state index contributed by atoms with van der Waals surface area (Å²) in [4.78, 5) is 21.7. The number of rotatable bonds is 6. The lowest BCUT2D eigenvalue weighted by atomic mass is 9.83. The van der Waals surface area contributed by atoms with E-state index < -0.39 is 12.1 Å². The van der Waals surface area contributed by atoms with Crippen molar-refractivity contribution in [2.75, 3.05) is 7.11 Å². The number of carbonyl (C=O) groups excluding carboxylic acids is 1. The summed E-state index contributed by atoms with van der Waals surface area (Å²) < 4.78 is 12.1. The number of amides is 1. The number of aliphatic hydroxyl groups is 1. The van der Waals surface area contributed by atoms with Crippen LogP contribution in [0.5, 0.6) is 0 Å². The average molecular weight is 426 g/mol. The van der Waals surface area contributed by atoms with Crippen molar-refractivity contribution in [3.8, 4) is 5.69 Å². The zero-order valence-corrected chi connectivity index (χ0v) is 17.8. The van der Waals surface area contributed by atoms with Crippen molar-refractivity contribution < 1.29 is 19.2 Å². The summed E-state index contributed by atoms with van der Waals surface area (Å²) in [5, 5.41) is 22.0. The first-order valence-electron chi connectivity index (χ1n) is 10.2. The summed E-state index contributed by atoms with van der Waals surface area (Å²) in [7, 11) is 1.60. The van der Waals surface area contributed by atoms with Gasteiger partial charge in [-0.2, -0.15) is 0 Å². The van der Waals surface area contributed by atoms with Crippen molar-refractivity contribution in [1.29, 1.82) is 0 Å². The Morgan fingerprint density at radius 2 is 2.23 bits per heavy atom. The van der Waals surface area contributed by atoms with Gasteiger partial charge in [-0.05, 0) is 45.2 Å². The zero-order chi connectivity index (χ0) is 22.0. The molecule has 3 aromatic heterocycles. The van der Waals surface area contributed by atoms with Gasteiger partial charge in [-0.1, -0.05) is 5.16 Å². The summed E-state index contributed by atoms with van der Waals surface area (Å²) in [6, 6.07) is 3.33. The molecule has 3 aromatic rings. The van der Waals surface area contributed by atoms with E-state index in [-0.39, 0.29) is 11.8 Å². The van der Waals surface area contributed by atoms with Gasteiger partial charge in [0.2, 0.25) is 0 Å². The molecular weight excluding hydrogens is 400 g/mol. The van der Waals surface area contributed by atoms with Gasteiger partial charge in [-0.15, -0.1) is 5.10 Å². The predicted molar refractivity (Wildman–Crippen MR) is 110 cm³/mol. The quantitative estimate of drug-likeness (QED) is 0.611. The minimum Gasteiger partial charge on any atom is -0.391 e. The largest absolute Gasteiger partial charge is 0.391 e. The highest BCUT2D eigenvalue weighted by Crippen LogP contribution is 2.33. The Bertz CT molecular complexity index is 1030. The van der Waals surface area contributed by atoms with E-state index in [0.717, 1.165) is 17.9 Å². The van der Waals surface area contributed by atoms with E-state index >= 15 is 0 Å². The molecule has 1 aliphatic rings. The van der Waals surface area contributed by atoms with Crippen molar-refractivity contribution in [1.82, 2.24) is 30.2 Å². The van der Waals surface area contributed by atoms with Gasteiger partial charge in [0, 0.05) is 19.2 Å². The third-order valence-corrected chi connectivity index (χ3v) is 5.60. The van der Waals surface area contributed by atoms with Crippen molar-refractivity contribution >= 4 is 5.91 Å². The standard InChI is InChI=1S/C21H26N6O4/c1-12-19(13(2)31-26-12)21(29)23-16-9-14(6-7-17(16)28)20-24-18(11-30-3)25-27(20)15-5-4-8-22-10-15/h4-5,8,10,14,16-17,28H,6-7,9,11H2,1-3H3,(H,23,29)/t14-,16+,17+/m0/s1. The number of hydrogen-bond donors (Lipinski definition) is 2. The fourth-order valence-electron chi connectivity index (χ4n) is 4.08. The van der Waals surface area contributed by atoms with Crippen molar-refractivity contribution in [3.63, 3.8) is 0 Å². The Hall–Kier alpha value is -3.11. The van der Waals surface area contributed by atoms with Crippen molar-refractivity contribution in [2.45, 2.75) is 57.8 Å². The van der Waals surface area contributed by atoms with Gasteiger partial charge in [0.05, 0.1) is 29.7 Å². The first-order chi connectivity index (χ1) is 15.0. The summed E-state index contributed by atoms with van der Waals surface area (Å²) in [5.41, 5.74) is 1.74. The maximum absolute atomic E-state index is 12.8. The Labute approximate surface area is 179 Å². The fourth-order valence-corrected chi connectivity index (χ4v) is 4.08. The lowest BCUT2D eigenvalue weighted by Gasteiger charge is -2.33. The molecule has 31 heavy (non-hydrogen) atoms. The number of aliphatic hydroxyl groups excluding tert-OH is 1. The van der Waals surface area contributed by atoms with E-state index in [1.165, 1.54) is 0 Å². The van der Waals surface area contributed by atoms with Gasteiger partial charge in [-0.3, -0.25) is 9.78 Å². The number of carbonyl (C=O) groups is 1. The molecule has 0 saturated heterocycles. The van der Waals surface area contributed by atoms with Gasteiger partial charge < -0.3 is 19.7 Å². The summed E-state index contributed by atoms with van der Waals surface area (Å²) in [6.07, 6.45) is 4.58. The van der Waals surface area contributed by atoms with Crippen LogP contribution >= 0.6 is 0 Å². The van der Waals surface area contributed by atoms with Crippen LogP contribution in [0.3, 0.4) is 0 Å². The molecule has 4 rings (SSSR count). The molecule has 0 aliphatic heterocycles. The SMILES string of the molecule is COCc1nc([C@H]2CC[C@@H](O)[C@H](NC(=O)c3c(C)noc3C)C2)n(-c2cccnc2)n1. The fraction of sp³-hybridized carbons (Fsp3) is 0.476. The van der Waals surface area contributed by atoms with Crippen LogP contribution < -0.4 is 5.32 Å². The Morgan fingerprint density at radius 3 is 2.90 bits per heavy atom.